The third-order valence-corrected chi connectivity index (χ3v) is 6.73. The van der Waals surface area contributed by atoms with Crippen molar-refractivity contribution in [1.29, 1.82) is 5.41 Å². The lowest BCUT2D eigenvalue weighted by Gasteiger charge is -2.10. The molecule has 2 nitrogen and oxygen atoms in total. The van der Waals surface area contributed by atoms with Crippen molar-refractivity contribution in [1.82, 2.24) is 0 Å². The van der Waals surface area contributed by atoms with Crippen LogP contribution in [-0.2, 0) is 4.79 Å². The van der Waals surface area contributed by atoms with E-state index in [-0.39, 0.29) is 0 Å². The first kappa shape index (κ1) is 15.5. The van der Waals surface area contributed by atoms with Gasteiger partial charge in [0.15, 0.2) is 0 Å². The molecule has 0 fully saturated rings. The first-order valence-electron chi connectivity index (χ1n) is 3.71. The van der Waals surface area contributed by atoms with Crippen LogP contribution >= 0.6 is 63.7 Å². The fraction of sp³-hybridized carbons (Fsp3) is 0.222. The summed E-state index contributed by atoms with van der Waals surface area (Å²) in [7, 11) is 0. The summed E-state index contributed by atoms with van der Waals surface area (Å²) in [5.74, 6) is 0. The number of isocyanates is 1. The highest BCUT2D eigenvalue weighted by Gasteiger charge is 2.12. The van der Waals surface area contributed by atoms with Crippen molar-refractivity contribution in [2.45, 2.75) is 13.8 Å². The number of benzene rings is 1. The van der Waals surface area contributed by atoms with E-state index in [0.29, 0.717) is 0 Å². The lowest BCUT2D eigenvalue weighted by atomic mass is 10.2. The molecule has 1 aromatic carbocycles. The van der Waals surface area contributed by atoms with Crippen LogP contribution < -0.4 is 0 Å². The van der Waals surface area contributed by atoms with Crippen molar-refractivity contribution >= 4 is 69.8 Å². The molecule has 15 heavy (non-hydrogen) atoms. The van der Waals surface area contributed by atoms with Crippen LogP contribution in [0, 0.1) is 19.3 Å². The van der Waals surface area contributed by atoms with Crippen LogP contribution in [0.3, 0.4) is 0 Å². The molecule has 0 saturated carbocycles. The molecule has 0 spiro atoms. The van der Waals surface area contributed by atoms with Crippen molar-refractivity contribution < 1.29 is 4.79 Å². The Hall–Kier alpha value is 0.520. The topological polar surface area (TPSA) is 40.9 Å². The molecule has 0 saturated heterocycles. The highest BCUT2D eigenvalue weighted by molar-refractivity contribution is 9.14. The molecule has 0 atom stereocenters. The van der Waals surface area contributed by atoms with E-state index in [1.807, 2.05) is 0 Å². The molecule has 0 unspecified atom stereocenters. The summed E-state index contributed by atoms with van der Waals surface area (Å²) in [6.45, 7) is 4.12. The van der Waals surface area contributed by atoms with Crippen molar-refractivity contribution in [3.05, 3.63) is 29.0 Å². The predicted octanol–water partition coefficient (Wildman–Crippen LogP) is 5.25. The quantitative estimate of drug-likeness (QED) is 0.318. The SMILES string of the molecule is Cc1c(Br)c(Br)c(C)c(Br)c1Br.N=C=O. The molecule has 82 valence electrons. The average molecular weight is 465 g/mol. The second-order valence-electron chi connectivity index (χ2n) is 2.61. The normalized spacial score (nSPS) is 8.93. The van der Waals surface area contributed by atoms with E-state index in [2.05, 4.69) is 77.6 Å². The van der Waals surface area contributed by atoms with Gasteiger partial charge in [0.25, 0.3) is 0 Å². The third kappa shape index (κ3) is 3.79. The zero-order valence-electron chi connectivity index (χ0n) is 7.92. The Balaban J connectivity index is 0.000000583. The Bertz CT molecular complexity index is 306. The Morgan fingerprint density at radius 1 is 0.867 bits per heavy atom. The summed E-state index contributed by atoms with van der Waals surface area (Å²) in [6, 6.07) is 0. The van der Waals surface area contributed by atoms with E-state index in [1.54, 1.807) is 0 Å². The molecule has 0 bridgehead atoms. The van der Waals surface area contributed by atoms with Crippen molar-refractivity contribution in [3.8, 4) is 0 Å². The van der Waals surface area contributed by atoms with Gasteiger partial charge in [0, 0.05) is 17.9 Å². The molecule has 0 heterocycles. The summed E-state index contributed by atoms with van der Waals surface area (Å²) in [6.07, 6.45) is 0.750. The van der Waals surface area contributed by atoms with Gasteiger partial charge in [-0.1, -0.05) is 0 Å². The monoisotopic (exact) mass is 461 g/mol. The minimum Gasteiger partial charge on any atom is -0.222 e. The standard InChI is InChI=1S/C8H6Br4.CHNO/c1-3-5(9)7(11)4(2)8(12)6(3)10;2-1-3/h1-2H3;2H. The predicted molar refractivity (Wildman–Crippen MR) is 75.1 cm³/mol. The molecule has 0 aliphatic rings. The van der Waals surface area contributed by atoms with Gasteiger partial charge in [-0.15, -0.1) is 0 Å². The average Bonchev–Trinajstić information content (AvgIpc) is 2.22. The minimum absolute atomic E-state index is 0.750. The van der Waals surface area contributed by atoms with Crippen molar-refractivity contribution in [3.63, 3.8) is 0 Å². The lowest BCUT2D eigenvalue weighted by molar-refractivity contribution is 0.563. The van der Waals surface area contributed by atoms with E-state index < -0.39 is 0 Å². The molecule has 1 N–H and O–H groups in total. The number of nitrogens with one attached hydrogen (secondary N) is 1. The first-order valence-corrected chi connectivity index (χ1v) is 6.88. The fourth-order valence-electron chi connectivity index (χ4n) is 0.851. The molecule has 0 aliphatic carbocycles. The molecule has 0 aromatic heterocycles. The molecular formula is C9H7Br4NO. The molecule has 1 rings (SSSR count). The Labute approximate surface area is 122 Å². The Morgan fingerprint density at radius 2 is 1.00 bits per heavy atom. The molecule has 1 aromatic rings. The summed E-state index contributed by atoms with van der Waals surface area (Å²) < 4.78 is 4.43. The van der Waals surface area contributed by atoms with E-state index in [0.717, 1.165) is 24.0 Å². The second kappa shape index (κ2) is 6.97. The third-order valence-electron chi connectivity index (χ3n) is 1.70. The summed E-state index contributed by atoms with van der Waals surface area (Å²) in [5.41, 5.74) is 2.39. The van der Waals surface area contributed by atoms with Gasteiger partial charge in [0.05, 0.1) is 0 Å². The van der Waals surface area contributed by atoms with E-state index in [9.17, 15) is 0 Å². The molecular weight excluding hydrogens is 458 g/mol. The number of halogens is 4. The minimum atomic E-state index is 0.750. The van der Waals surface area contributed by atoms with Crippen LogP contribution in [0.15, 0.2) is 17.9 Å². The van der Waals surface area contributed by atoms with Crippen LogP contribution in [0.2, 0.25) is 0 Å². The number of hydrogen-bond donors (Lipinski definition) is 1. The van der Waals surface area contributed by atoms with Crippen LogP contribution in [0.25, 0.3) is 0 Å². The lowest BCUT2D eigenvalue weighted by Crippen LogP contribution is -1.87. The first-order chi connectivity index (χ1) is 6.88. The maximum Gasteiger partial charge on any atom is 0.231 e. The van der Waals surface area contributed by atoms with Crippen LogP contribution in [-0.4, -0.2) is 6.08 Å². The highest BCUT2D eigenvalue weighted by atomic mass is 79.9. The molecule has 6 heteroatoms. The van der Waals surface area contributed by atoms with Gasteiger partial charge >= 0.3 is 0 Å². The van der Waals surface area contributed by atoms with E-state index in [4.69, 9.17) is 10.2 Å². The second-order valence-corrected chi connectivity index (χ2v) is 5.78. The highest BCUT2D eigenvalue weighted by Crippen LogP contribution is 2.40. The van der Waals surface area contributed by atoms with Crippen molar-refractivity contribution in [2.24, 2.45) is 0 Å². The zero-order valence-corrected chi connectivity index (χ0v) is 14.3. The maximum atomic E-state index is 8.35. The summed E-state index contributed by atoms with van der Waals surface area (Å²) in [4.78, 5) is 8.35. The number of rotatable bonds is 0. The van der Waals surface area contributed by atoms with Crippen LogP contribution in [0.4, 0.5) is 0 Å². The molecule has 0 amide bonds. The van der Waals surface area contributed by atoms with Crippen LogP contribution in [0.1, 0.15) is 11.1 Å². The van der Waals surface area contributed by atoms with E-state index >= 15 is 0 Å². The fourth-order valence-corrected chi connectivity index (χ4v) is 3.37. The van der Waals surface area contributed by atoms with Gasteiger partial charge in [-0.2, -0.15) is 0 Å². The van der Waals surface area contributed by atoms with Gasteiger partial charge in [-0.3, -0.25) is 0 Å². The number of hydrogen-bond acceptors (Lipinski definition) is 2. The largest absolute Gasteiger partial charge is 0.231 e. The molecule has 0 aliphatic heterocycles. The van der Waals surface area contributed by atoms with Gasteiger partial charge < -0.3 is 0 Å². The van der Waals surface area contributed by atoms with Crippen molar-refractivity contribution in [2.75, 3.05) is 0 Å². The summed E-state index contributed by atoms with van der Waals surface area (Å²) >= 11 is 14.1. The Morgan fingerprint density at radius 3 is 1.13 bits per heavy atom. The van der Waals surface area contributed by atoms with Gasteiger partial charge in [0.2, 0.25) is 6.08 Å². The molecule has 0 radical (unpaired) electrons. The van der Waals surface area contributed by atoms with E-state index in [1.165, 1.54) is 11.1 Å². The summed E-state index contributed by atoms with van der Waals surface area (Å²) in [5, 5.41) is 5.40. The Kier molecular flexibility index (Phi) is 7.21. The van der Waals surface area contributed by atoms with Gasteiger partial charge in [0.1, 0.15) is 0 Å². The van der Waals surface area contributed by atoms with Crippen LogP contribution in [0.5, 0.6) is 0 Å². The zero-order chi connectivity index (χ0) is 12.2. The van der Waals surface area contributed by atoms with Gasteiger partial charge in [-0.25, -0.2) is 10.2 Å². The smallest absolute Gasteiger partial charge is 0.222 e. The number of carbonyl (C=O) groups excluding carboxylic acids is 1. The van der Waals surface area contributed by atoms with Gasteiger partial charge in [-0.05, 0) is 88.7 Å². The maximum absolute atomic E-state index is 8.35.